The molecule has 1 aromatic rings. The Morgan fingerprint density at radius 1 is 1.14 bits per heavy atom. The third-order valence-electron chi connectivity index (χ3n) is 3.31. The first-order valence-electron chi connectivity index (χ1n) is 7.74. The van der Waals surface area contributed by atoms with Gasteiger partial charge in [-0.25, -0.2) is 4.79 Å². The highest BCUT2D eigenvalue weighted by Crippen LogP contribution is 2.07. The smallest absolute Gasteiger partial charge is 0.317 e. The van der Waals surface area contributed by atoms with E-state index in [1.165, 1.54) is 5.56 Å². The van der Waals surface area contributed by atoms with Crippen molar-refractivity contribution in [2.24, 2.45) is 0 Å². The Morgan fingerprint density at radius 3 is 2.14 bits per heavy atom. The van der Waals surface area contributed by atoms with Crippen LogP contribution in [0.2, 0.25) is 0 Å². The van der Waals surface area contributed by atoms with Crippen LogP contribution in [0.3, 0.4) is 0 Å². The second-order valence-electron chi connectivity index (χ2n) is 6.31. The summed E-state index contributed by atoms with van der Waals surface area (Å²) >= 11 is 0. The maximum absolute atomic E-state index is 12.2. The lowest BCUT2D eigenvalue weighted by Crippen LogP contribution is -2.46. The quantitative estimate of drug-likeness (QED) is 0.810. The number of carbonyl (C=O) groups excluding carboxylic acids is 1. The van der Waals surface area contributed by atoms with Crippen LogP contribution in [0.5, 0.6) is 0 Å². The monoisotopic (exact) mass is 307 g/mol. The van der Waals surface area contributed by atoms with Crippen LogP contribution >= 0.6 is 0 Å². The number of aliphatic hydroxyl groups is 1. The normalized spacial score (nSPS) is 12.5. The first-order valence-corrected chi connectivity index (χ1v) is 7.74. The van der Waals surface area contributed by atoms with Gasteiger partial charge in [0.15, 0.2) is 0 Å². The summed E-state index contributed by atoms with van der Waals surface area (Å²) in [7, 11) is 4.08. The molecule has 1 unspecified atom stereocenters. The fourth-order valence-corrected chi connectivity index (χ4v) is 2.22. The van der Waals surface area contributed by atoms with E-state index in [2.05, 4.69) is 22.3 Å². The number of hydrogen-bond donors (Lipinski definition) is 2. The molecular weight excluding hydrogens is 278 g/mol. The van der Waals surface area contributed by atoms with Crippen molar-refractivity contribution in [2.45, 2.75) is 46.0 Å². The van der Waals surface area contributed by atoms with Crippen LogP contribution < -0.4 is 5.32 Å². The number of nitrogens with one attached hydrogen (secondary N) is 1. The standard InChI is InChI=1S/C17H29N3O2/c1-13(2)20(11-14(3)21)17(22)18-10-15-6-8-16(9-7-15)12-19(4)5/h6-9,13-14,21H,10-12H2,1-5H3,(H,18,22). The largest absolute Gasteiger partial charge is 0.392 e. The van der Waals surface area contributed by atoms with Gasteiger partial charge >= 0.3 is 6.03 Å². The molecule has 0 aliphatic rings. The van der Waals surface area contributed by atoms with Gasteiger partial charge in [-0.2, -0.15) is 0 Å². The van der Waals surface area contributed by atoms with Crippen molar-refractivity contribution in [3.05, 3.63) is 35.4 Å². The van der Waals surface area contributed by atoms with Crippen LogP contribution in [-0.4, -0.2) is 53.7 Å². The number of benzene rings is 1. The predicted molar refractivity (Wildman–Crippen MR) is 89.6 cm³/mol. The molecule has 2 N–H and O–H groups in total. The number of carbonyl (C=O) groups is 1. The Kier molecular flexibility index (Phi) is 7.35. The van der Waals surface area contributed by atoms with Gasteiger partial charge in [-0.05, 0) is 46.0 Å². The molecule has 0 heterocycles. The van der Waals surface area contributed by atoms with Gasteiger partial charge in [-0.15, -0.1) is 0 Å². The van der Waals surface area contributed by atoms with Crippen molar-refractivity contribution < 1.29 is 9.90 Å². The highest BCUT2D eigenvalue weighted by atomic mass is 16.3. The lowest BCUT2D eigenvalue weighted by molar-refractivity contribution is 0.119. The first kappa shape index (κ1) is 18.5. The minimum atomic E-state index is -0.529. The van der Waals surface area contributed by atoms with Gasteiger partial charge in [0.2, 0.25) is 0 Å². The SMILES string of the molecule is CC(O)CN(C(=O)NCc1ccc(CN(C)C)cc1)C(C)C. The molecule has 124 valence electrons. The summed E-state index contributed by atoms with van der Waals surface area (Å²) in [6.07, 6.45) is -0.529. The zero-order valence-electron chi connectivity index (χ0n) is 14.3. The van der Waals surface area contributed by atoms with Gasteiger partial charge in [-0.3, -0.25) is 0 Å². The summed E-state index contributed by atoms with van der Waals surface area (Å²) in [5.74, 6) is 0. The van der Waals surface area contributed by atoms with Gasteiger partial charge in [-0.1, -0.05) is 24.3 Å². The molecule has 0 spiro atoms. The zero-order valence-corrected chi connectivity index (χ0v) is 14.3. The van der Waals surface area contributed by atoms with Crippen molar-refractivity contribution in [3.8, 4) is 0 Å². The van der Waals surface area contributed by atoms with Crippen LogP contribution in [0, 0.1) is 0 Å². The molecular formula is C17H29N3O2. The summed E-state index contributed by atoms with van der Waals surface area (Å²) in [6, 6.07) is 8.14. The van der Waals surface area contributed by atoms with Crippen LogP contribution in [0.1, 0.15) is 31.9 Å². The van der Waals surface area contributed by atoms with E-state index < -0.39 is 6.10 Å². The molecule has 0 aromatic heterocycles. The van der Waals surface area contributed by atoms with E-state index in [0.29, 0.717) is 13.1 Å². The average molecular weight is 307 g/mol. The van der Waals surface area contributed by atoms with Crippen molar-refractivity contribution in [1.82, 2.24) is 15.1 Å². The average Bonchev–Trinajstić information content (AvgIpc) is 2.42. The minimum Gasteiger partial charge on any atom is -0.392 e. The van der Waals surface area contributed by atoms with Gasteiger partial charge in [0.25, 0.3) is 0 Å². The van der Waals surface area contributed by atoms with E-state index in [4.69, 9.17) is 0 Å². The Hall–Kier alpha value is -1.59. The molecule has 0 radical (unpaired) electrons. The number of nitrogens with zero attached hydrogens (tertiary/aromatic N) is 2. The molecule has 0 aliphatic carbocycles. The molecule has 5 heteroatoms. The molecule has 0 saturated carbocycles. The summed E-state index contributed by atoms with van der Waals surface area (Å²) in [6.45, 7) is 7.31. The first-order chi connectivity index (χ1) is 10.3. The van der Waals surface area contributed by atoms with E-state index in [-0.39, 0.29) is 12.1 Å². The maximum atomic E-state index is 12.2. The van der Waals surface area contributed by atoms with Crippen molar-refractivity contribution in [2.75, 3.05) is 20.6 Å². The number of hydrogen-bond acceptors (Lipinski definition) is 3. The molecule has 1 atom stereocenters. The van der Waals surface area contributed by atoms with Crippen LogP contribution in [0.25, 0.3) is 0 Å². The van der Waals surface area contributed by atoms with Gasteiger partial charge in [0.05, 0.1) is 6.10 Å². The van der Waals surface area contributed by atoms with Crippen LogP contribution in [0.15, 0.2) is 24.3 Å². The van der Waals surface area contributed by atoms with E-state index >= 15 is 0 Å². The van der Waals surface area contributed by atoms with E-state index in [0.717, 1.165) is 12.1 Å². The highest BCUT2D eigenvalue weighted by molar-refractivity contribution is 5.74. The molecule has 1 aromatic carbocycles. The van der Waals surface area contributed by atoms with Crippen LogP contribution in [0.4, 0.5) is 4.79 Å². The molecule has 0 bridgehead atoms. The topological polar surface area (TPSA) is 55.8 Å². The number of rotatable bonds is 7. The molecule has 0 aliphatic heterocycles. The summed E-state index contributed by atoms with van der Waals surface area (Å²) in [4.78, 5) is 16.0. The Morgan fingerprint density at radius 2 is 1.68 bits per heavy atom. The molecule has 5 nitrogen and oxygen atoms in total. The van der Waals surface area contributed by atoms with E-state index in [1.54, 1.807) is 11.8 Å². The fraction of sp³-hybridized carbons (Fsp3) is 0.588. The minimum absolute atomic E-state index is 0.0528. The second-order valence-corrected chi connectivity index (χ2v) is 6.31. The number of aliphatic hydroxyl groups excluding tert-OH is 1. The highest BCUT2D eigenvalue weighted by Gasteiger charge is 2.18. The summed E-state index contributed by atoms with van der Waals surface area (Å²) < 4.78 is 0. The van der Waals surface area contributed by atoms with E-state index in [1.807, 2.05) is 40.1 Å². The molecule has 2 amide bonds. The van der Waals surface area contributed by atoms with E-state index in [9.17, 15) is 9.90 Å². The van der Waals surface area contributed by atoms with Crippen molar-refractivity contribution in [3.63, 3.8) is 0 Å². The third kappa shape index (κ3) is 6.45. The summed E-state index contributed by atoms with van der Waals surface area (Å²) in [5.41, 5.74) is 2.31. The second kappa shape index (κ2) is 8.76. The van der Waals surface area contributed by atoms with Crippen molar-refractivity contribution in [1.29, 1.82) is 0 Å². The lowest BCUT2D eigenvalue weighted by atomic mass is 10.1. The molecule has 1 rings (SSSR count). The Bertz CT molecular complexity index is 455. The van der Waals surface area contributed by atoms with Crippen molar-refractivity contribution >= 4 is 6.03 Å². The maximum Gasteiger partial charge on any atom is 0.317 e. The molecule has 22 heavy (non-hydrogen) atoms. The summed E-state index contributed by atoms with van der Waals surface area (Å²) in [5, 5.41) is 12.4. The fourth-order valence-electron chi connectivity index (χ4n) is 2.22. The number of amides is 2. The van der Waals surface area contributed by atoms with Gasteiger partial charge in [0, 0.05) is 25.7 Å². The molecule has 0 saturated heterocycles. The van der Waals surface area contributed by atoms with Gasteiger partial charge in [0.1, 0.15) is 0 Å². The lowest BCUT2D eigenvalue weighted by Gasteiger charge is -2.28. The van der Waals surface area contributed by atoms with Crippen LogP contribution in [-0.2, 0) is 13.1 Å². The van der Waals surface area contributed by atoms with Gasteiger partial charge < -0.3 is 20.2 Å². The number of urea groups is 1. The predicted octanol–water partition coefficient (Wildman–Crippen LogP) is 2.05. The Labute approximate surface area is 133 Å². The molecule has 0 fully saturated rings. The third-order valence-corrected chi connectivity index (χ3v) is 3.31. The zero-order chi connectivity index (χ0) is 16.7. The Balaban J connectivity index is 2.55.